The Morgan fingerprint density at radius 3 is 2.50 bits per heavy atom. The van der Waals surface area contributed by atoms with Crippen LogP contribution < -0.4 is 11.3 Å². The summed E-state index contributed by atoms with van der Waals surface area (Å²) < 4.78 is 52.2. The predicted octanol–water partition coefficient (Wildman–Crippen LogP) is -1.64. The summed E-state index contributed by atoms with van der Waals surface area (Å²) in [5.74, 6) is 0.264. The van der Waals surface area contributed by atoms with Gasteiger partial charge in [0.2, 0.25) is 0 Å². The van der Waals surface area contributed by atoms with Crippen molar-refractivity contribution in [3.05, 3.63) is 22.5 Å². The molecule has 1 fully saturated rings. The molecule has 18 nitrogen and oxygen atoms in total. The van der Waals surface area contributed by atoms with Crippen molar-refractivity contribution in [3.63, 3.8) is 0 Å². The number of nitrogens with two attached hydrogens (primary N) is 1. The Kier molecular flexibility index (Phi) is 6.93. The first-order valence-corrected chi connectivity index (χ1v) is 12.9. The average molecular weight is 521 g/mol. The molecule has 21 heteroatoms. The largest absolute Gasteiger partial charge is 0.490 e. The van der Waals surface area contributed by atoms with E-state index < -0.39 is 60.1 Å². The molecule has 32 heavy (non-hydrogen) atoms. The second kappa shape index (κ2) is 8.77. The number of H-pyrrole nitrogens is 1. The fourth-order valence-corrected chi connectivity index (χ4v) is 5.88. The fraction of sp³-hybridized carbons (Fsp3) is 0.545. The summed E-state index contributed by atoms with van der Waals surface area (Å²) in [6.07, 6.45) is -2.82. The number of imidazole rings is 1. The molecule has 0 aromatic carbocycles. The SMILES string of the molecule is Cc1nc2c(ncn2[C@@H]2O[C@H](COP(=O)(O)OP(=O)(O)OP(=O)(O)O)C(O)[C@@H]2N)c(=O)[nH]1. The molecule has 1 aliphatic heterocycles. The Morgan fingerprint density at radius 1 is 1.22 bits per heavy atom. The van der Waals surface area contributed by atoms with E-state index in [0.717, 1.165) is 0 Å². The number of aliphatic hydroxyl groups is 1. The highest BCUT2D eigenvalue weighted by Gasteiger charge is 2.46. The van der Waals surface area contributed by atoms with Gasteiger partial charge in [0.25, 0.3) is 5.56 Å². The topological polar surface area (TPSA) is 279 Å². The van der Waals surface area contributed by atoms with Crippen molar-refractivity contribution in [2.45, 2.75) is 31.4 Å². The lowest BCUT2D eigenvalue weighted by Gasteiger charge is -2.19. The van der Waals surface area contributed by atoms with Crippen LogP contribution in [-0.4, -0.2) is 69.1 Å². The number of aryl methyl sites for hydroxylation is 1. The minimum Gasteiger partial charge on any atom is -0.389 e. The van der Waals surface area contributed by atoms with Gasteiger partial charge in [-0.25, -0.2) is 23.7 Å². The molecule has 0 radical (unpaired) electrons. The van der Waals surface area contributed by atoms with Gasteiger partial charge in [0.05, 0.1) is 19.0 Å². The van der Waals surface area contributed by atoms with Crippen molar-refractivity contribution in [2.75, 3.05) is 6.61 Å². The fourth-order valence-electron chi connectivity index (χ4n) is 2.85. The van der Waals surface area contributed by atoms with Crippen LogP contribution in [0.4, 0.5) is 0 Å². The summed E-state index contributed by atoms with van der Waals surface area (Å²) in [7, 11) is -16.7. The number of rotatable bonds is 8. The van der Waals surface area contributed by atoms with Crippen LogP contribution in [0.5, 0.6) is 0 Å². The lowest BCUT2D eigenvalue weighted by atomic mass is 10.1. The molecule has 6 atom stereocenters. The summed E-state index contributed by atoms with van der Waals surface area (Å²) in [4.78, 5) is 58.2. The van der Waals surface area contributed by atoms with E-state index in [9.17, 15) is 28.5 Å². The molecule has 3 rings (SSSR count). The van der Waals surface area contributed by atoms with Crippen LogP contribution in [0.25, 0.3) is 11.2 Å². The first kappa shape index (κ1) is 25.3. The molecule has 180 valence electrons. The molecule has 1 saturated heterocycles. The lowest BCUT2D eigenvalue weighted by Crippen LogP contribution is -2.40. The Bertz CT molecular complexity index is 1210. The molecule has 1 aliphatic rings. The number of aliphatic hydroxyl groups excluding tert-OH is 1. The number of ether oxygens (including phenoxy) is 1. The van der Waals surface area contributed by atoms with Crippen molar-refractivity contribution < 1.29 is 56.3 Å². The normalized spacial score (nSPS) is 28.0. The monoisotopic (exact) mass is 521 g/mol. The molecule has 2 aromatic heterocycles. The van der Waals surface area contributed by atoms with Crippen LogP contribution in [0.3, 0.4) is 0 Å². The second-order valence-corrected chi connectivity index (χ2v) is 10.9. The number of aromatic amines is 1. The molecule has 0 spiro atoms. The standard InChI is InChI=1S/C11H18N5O13P3/c1-4-14-9-7(10(18)15-4)13-3-16(9)11-6(12)8(17)5(27-11)2-26-31(22,23)29-32(24,25)28-30(19,20)21/h3,5-6,8,11,17H,2,12H2,1H3,(H,22,23)(H,24,25)(H,14,15,18)(H2,19,20,21)/t5-,6+,8?,11-/m1/s1. The maximum absolute atomic E-state index is 12.0. The van der Waals surface area contributed by atoms with Gasteiger partial charge in [-0.1, -0.05) is 0 Å². The van der Waals surface area contributed by atoms with Gasteiger partial charge in [-0.05, 0) is 6.92 Å². The molecular formula is C11H18N5O13P3. The van der Waals surface area contributed by atoms with E-state index in [2.05, 4.69) is 28.1 Å². The Hall–Kier alpha value is -1.36. The number of phosphoric ester groups is 1. The molecule has 0 bridgehead atoms. The third kappa shape index (κ3) is 5.76. The van der Waals surface area contributed by atoms with E-state index in [0.29, 0.717) is 0 Å². The molecule has 3 heterocycles. The Balaban J connectivity index is 1.72. The van der Waals surface area contributed by atoms with E-state index in [1.54, 1.807) is 0 Å². The number of hydrogen-bond acceptors (Lipinski definition) is 12. The maximum atomic E-state index is 12.0. The molecule has 0 saturated carbocycles. The van der Waals surface area contributed by atoms with Gasteiger partial charge < -0.3 is 40.1 Å². The van der Waals surface area contributed by atoms with Crippen molar-refractivity contribution in [1.82, 2.24) is 19.5 Å². The number of phosphoric acid groups is 3. The van der Waals surface area contributed by atoms with Gasteiger partial charge in [-0.15, -0.1) is 0 Å². The van der Waals surface area contributed by atoms with Gasteiger partial charge in [0.1, 0.15) is 18.0 Å². The van der Waals surface area contributed by atoms with E-state index >= 15 is 0 Å². The Labute approximate surface area is 177 Å². The summed E-state index contributed by atoms with van der Waals surface area (Å²) in [5.41, 5.74) is 5.47. The van der Waals surface area contributed by atoms with E-state index in [4.69, 9.17) is 25.2 Å². The zero-order valence-corrected chi connectivity index (χ0v) is 18.5. The molecular weight excluding hydrogens is 503 g/mol. The zero-order valence-electron chi connectivity index (χ0n) is 15.9. The van der Waals surface area contributed by atoms with Crippen LogP contribution in [-0.2, 0) is 31.6 Å². The minimum atomic E-state index is -5.70. The van der Waals surface area contributed by atoms with Crippen LogP contribution in [0.1, 0.15) is 12.1 Å². The van der Waals surface area contributed by atoms with Gasteiger partial charge in [0.15, 0.2) is 17.4 Å². The summed E-state index contributed by atoms with van der Waals surface area (Å²) in [6.45, 7) is 0.614. The van der Waals surface area contributed by atoms with E-state index in [1.165, 1.54) is 17.8 Å². The van der Waals surface area contributed by atoms with Crippen LogP contribution in [0, 0.1) is 6.92 Å². The smallest absolute Gasteiger partial charge is 0.389 e. The van der Waals surface area contributed by atoms with Crippen LogP contribution >= 0.6 is 23.5 Å². The zero-order chi connectivity index (χ0) is 24.1. The van der Waals surface area contributed by atoms with Crippen molar-refractivity contribution in [3.8, 4) is 0 Å². The third-order valence-electron chi connectivity index (χ3n) is 4.06. The highest BCUT2D eigenvalue weighted by Crippen LogP contribution is 2.66. The number of aromatic nitrogens is 4. The quantitative estimate of drug-likeness (QED) is 0.192. The van der Waals surface area contributed by atoms with Gasteiger partial charge in [-0.2, -0.15) is 8.62 Å². The lowest BCUT2D eigenvalue weighted by molar-refractivity contribution is -0.0428. The summed E-state index contributed by atoms with van der Waals surface area (Å²) in [5, 5.41) is 10.3. The number of nitrogens with zero attached hydrogens (tertiary/aromatic N) is 3. The molecule has 0 amide bonds. The first-order valence-electron chi connectivity index (χ1n) is 8.39. The van der Waals surface area contributed by atoms with Crippen molar-refractivity contribution >= 4 is 34.6 Å². The highest BCUT2D eigenvalue weighted by molar-refractivity contribution is 7.66. The second-order valence-electron chi connectivity index (χ2n) is 6.50. The number of hydrogen-bond donors (Lipinski definition) is 7. The van der Waals surface area contributed by atoms with Crippen molar-refractivity contribution in [2.24, 2.45) is 5.73 Å². The number of nitrogens with one attached hydrogen (secondary N) is 1. The molecule has 0 aliphatic carbocycles. The van der Waals surface area contributed by atoms with Gasteiger partial charge in [-0.3, -0.25) is 13.9 Å². The first-order chi connectivity index (χ1) is 14.6. The summed E-state index contributed by atoms with van der Waals surface area (Å²) >= 11 is 0. The minimum absolute atomic E-state index is 0.0300. The Morgan fingerprint density at radius 2 is 1.88 bits per heavy atom. The van der Waals surface area contributed by atoms with Crippen LogP contribution in [0.15, 0.2) is 11.1 Å². The molecule has 2 aromatic rings. The van der Waals surface area contributed by atoms with Gasteiger partial charge in [0, 0.05) is 0 Å². The maximum Gasteiger partial charge on any atom is 0.490 e. The average Bonchev–Trinajstić information content (AvgIpc) is 3.12. The molecule has 8 N–H and O–H groups in total. The third-order valence-corrected chi connectivity index (χ3v) is 7.86. The molecule has 3 unspecified atom stereocenters. The van der Waals surface area contributed by atoms with E-state index in [-0.39, 0.29) is 17.0 Å². The summed E-state index contributed by atoms with van der Waals surface area (Å²) in [6, 6.07) is -1.15. The van der Waals surface area contributed by atoms with Crippen molar-refractivity contribution in [1.29, 1.82) is 0 Å². The number of fused-ring (bicyclic) bond motifs is 1. The van der Waals surface area contributed by atoms with E-state index in [1.807, 2.05) is 0 Å². The highest BCUT2D eigenvalue weighted by atomic mass is 31.3. The van der Waals surface area contributed by atoms with Gasteiger partial charge >= 0.3 is 23.5 Å². The van der Waals surface area contributed by atoms with Crippen LogP contribution in [0.2, 0.25) is 0 Å². The predicted molar refractivity (Wildman–Crippen MR) is 101 cm³/mol.